The molecule has 2 atom stereocenters. The molecule has 0 amide bonds. The molecule has 0 radical (unpaired) electrons. The van der Waals surface area contributed by atoms with Crippen molar-refractivity contribution < 1.29 is 8.42 Å². The van der Waals surface area contributed by atoms with Crippen molar-refractivity contribution in [1.29, 1.82) is 0 Å². The number of nitrogens with one attached hydrogen (secondary N) is 2. The second-order valence-electron chi connectivity index (χ2n) is 5.99. The predicted molar refractivity (Wildman–Crippen MR) is 80.4 cm³/mol. The van der Waals surface area contributed by atoms with Crippen LogP contribution in [0.1, 0.15) is 38.2 Å². The van der Waals surface area contributed by atoms with Crippen molar-refractivity contribution >= 4 is 15.7 Å². The first-order chi connectivity index (χ1) is 9.56. The van der Waals surface area contributed by atoms with E-state index in [2.05, 4.69) is 17.0 Å². The molecule has 1 fully saturated rings. The molecule has 20 heavy (non-hydrogen) atoms. The second-order valence-corrected chi connectivity index (χ2v) is 7.70. The van der Waals surface area contributed by atoms with Crippen LogP contribution in [0.2, 0.25) is 0 Å². The fourth-order valence-electron chi connectivity index (χ4n) is 3.21. The van der Waals surface area contributed by atoms with Crippen molar-refractivity contribution in [2.24, 2.45) is 5.92 Å². The topological polar surface area (TPSA) is 58.2 Å². The first kappa shape index (κ1) is 13.9. The van der Waals surface area contributed by atoms with Crippen LogP contribution in [0, 0.1) is 5.92 Å². The van der Waals surface area contributed by atoms with Gasteiger partial charge in [0.1, 0.15) is 0 Å². The molecule has 5 heteroatoms. The zero-order valence-corrected chi connectivity index (χ0v) is 12.7. The van der Waals surface area contributed by atoms with Gasteiger partial charge in [0.05, 0.1) is 4.90 Å². The van der Waals surface area contributed by atoms with Crippen LogP contribution < -0.4 is 10.0 Å². The lowest BCUT2D eigenvalue weighted by Crippen LogP contribution is -2.40. The van der Waals surface area contributed by atoms with Crippen LogP contribution in [0.15, 0.2) is 23.1 Å². The van der Waals surface area contributed by atoms with E-state index in [9.17, 15) is 8.42 Å². The van der Waals surface area contributed by atoms with Crippen LogP contribution in [0.3, 0.4) is 0 Å². The standard InChI is InChI=1S/C15H22N2O2S/c1-11-4-2-3-5-14(11)17-20(18,19)13-6-7-15-12(10-13)8-9-16-15/h6-7,10-11,14,16-17H,2-5,8-9H2,1H3. The van der Waals surface area contributed by atoms with Crippen LogP contribution in [-0.2, 0) is 16.4 Å². The number of anilines is 1. The number of rotatable bonds is 3. The average molecular weight is 294 g/mol. The Balaban J connectivity index is 1.81. The Kier molecular flexibility index (Phi) is 3.73. The highest BCUT2D eigenvalue weighted by Gasteiger charge is 2.27. The zero-order valence-electron chi connectivity index (χ0n) is 11.9. The summed E-state index contributed by atoms with van der Waals surface area (Å²) in [6, 6.07) is 5.47. The van der Waals surface area contributed by atoms with Crippen LogP contribution in [-0.4, -0.2) is 21.0 Å². The third kappa shape index (κ3) is 2.69. The van der Waals surface area contributed by atoms with Crippen LogP contribution in [0.5, 0.6) is 0 Å². The largest absolute Gasteiger partial charge is 0.384 e. The number of fused-ring (bicyclic) bond motifs is 1. The zero-order chi connectivity index (χ0) is 14.2. The van der Waals surface area contributed by atoms with Gasteiger partial charge in [0.25, 0.3) is 0 Å². The molecular weight excluding hydrogens is 272 g/mol. The molecule has 2 N–H and O–H groups in total. The van der Waals surface area contributed by atoms with E-state index in [0.29, 0.717) is 10.8 Å². The Morgan fingerprint density at radius 3 is 2.85 bits per heavy atom. The maximum Gasteiger partial charge on any atom is 0.240 e. The Morgan fingerprint density at radius 1 is 1.25 bits per heavy atom. The maximum atomic E-state index is 12.5. The molecule has 1 aliphatic carbocycles. The Labute approximate surface area is 121 Å². The van der Waals surface area contributed by atoms with Crippen molar-refractivity contribution in [3.63, 3.8) is 0 Å². The summed E-state index contributed by atoms with van der Waals surface area (Å²) in [7, 11) is -3.39. The van der Waals surface area contributed by atoms with Gasteiger partial charge < -0.3 is 5.32 Å². The Hall–Kier alpha value is -1.07. The monoisotopic (exact) mass is 294 g/mol. The van der Waals surface area contributed by atoms with E-state index in [1.807, 2.05) is 12.1 Å². The van der Waals surface area contributed by atoms with Gasteiger partial charge in [-0.05, 0) is 48.9 Å². The SMILES string of the molecule is CC1CCCCC1NS(=O)(=O)c1ccc2c(c1)CCN2. The molecule has 0 aromatic heterocycles. The fourth-order valence-corrected chi connectivity index (χ4v) is 4.64. The van der Waals surface area contributed by atoms with Gasteiger partial charge in [0.2, 0.25) is 10.0 Å². The summed E-state index contributed by atoms with van der Waals surface area (Å²) >= 11 is 0. The lowest BCUT2D eigenvalue weighted by Gasteiger charge is -2.29. The van der Waals surface area contributed by atoms with E-state index in [1.54, 1.807) is 6.07 Å². The van der Waals surface area contributed by atoms with Crippen molar-refractivity contribution in [3.8, 4) is 0 Å². The molecule has 1 aromatic carbocycles. The molecule has 110 valence electrons. The lowest BCUT2D eigenvalue weighted by molar-refractivity contribution is 0.310. The van der Waals surface area contributed by atoms with Crippen molar-refractivity contribution in [2.75, 3.05) is 11.9 Å². The van der Waals surface area contributed by atoms with E-state index in [0.717, 1.165) is 43.5 Å². The molecule has 0 spiro atoms. The minimum atomic E-state index is -3.39. The highest BCUT2D eigenvalue weighted by Crippen LogP contribution is 2.28. The van der Waals surface area contributed by atoms with E-state index in [4.69, 9.17) is 0 Å². The minimum absolute atomic E-state index is 0.0835. The number of hydrogen-bond acceptors (Lipinski definition) is 3. The van der Waals surface area contributed by atoms with Gasteiger partial charge in [-0.2, -0.15) is 0 Å². The number of benzene rings is 1. The molecule has 4 nitrogen and oxygen atoms in total. The summed E-state index contributed by atoms with van der Waals surface area (Å²) in [6.07, 6.45) is 5.29. The molecule has 1 aromatic rings. The number of sulfonamides is 1. The van der Waals surface area contributed by atoms with E-state index < -0.39 is 10.0 Å². The summed E-state index contributed by atoms with van der Waals surface area (Å²) < 4.78 is 27.9. The third-order valence-corrected chi connectivity index (χ3v) is 6.00. The molecule has 2 aliphatic rings. The van der Waals surface area contributed by atoms with Crippen molar-refractivity contribution in [3.05, 3.63) is 23.8 Å². The number of hydrogen-bond donors (Lipinski definition) is 2. The molecular formula is C15H22N2O2S. The third-order valence-electron chi connectivity index (χ3n) is 4.51. The second kappa shape index (κ2) is 5.37. The predicted octanol–water partition coefficient (Wildman–Crippen LogP) is 2.51. The van der Waals surface area contributed by atoms with Gasteiger partial charge in [-0.15, -0.1) is 0 Å². The van der Waals surface area contributed by atoms with Crippen molar-refractivity contribution in [1.82, 2.24) is 4.72 Å². The molecule has 1 heterocycles. The molecule has 1 saturated carbocycles. The van der Waals surface area contributed by atoms with Gasteiger partial charge in [-0.1, -0.05) is 19.8 Å². The van der Waals surface area contributed by atoms with Crippen molar-refractivity contribution in [2.45, 2.75) is 50.0 Å². The molecule has 3 rings (SSSR count). The molecule has 1 aliphatic heterocycles. The van der Waals surface area contributed by atoms with Gasteiger partial charge in [0, 0.05) is 18.3 Å². The summed E-state index contributed by atoms with van der Waals surface area (Å²) in [4.78, 5) is 0.401. The first-order valence-corrected chi connectivity index (χ1v) is 8.94. The van der Waals surface area contributed by atoms with Gasteiger partial charge >= 0.3 is 0 Å². The van der Waals surface area contributed by atoms with Gasteiger partial charge in [-0.25, -0.2) is 13.1 Å². The summed E-state index contributed by atoms with van der Waals surface area (Å²) in [5, 5.41) is 3.25. The smallest absolute Gasteiger partial charge is 0.240 e. The molecule has 2 unspecified atom stereocenters. The van der Waals surface area contributed by atoms with E-state index >= 15 is 0 Å². The average Bonchev–Trinajstić information content (AvgIpc) is 2.88. The quantitative estimate of drug-likeness (QED) is 0.900. The molecule has 0 saturated heterocycles. The highest BCUT2D eigenvalue weighted by molar-refractivity contribution is 7.89. The van der Waals surface area contributed by atoms with Gasteiger partial charge in [-0.3, -0.25) is 0 Å². The van der Waals surface area contributed by atoms with Gasteiger partial charge in [0.15, 0.2) is 0 Å². The first-order valence-electron chi connectivity index (χ1n) is 7.45. The molecule has 0 bridgehead atoms. The normalized spacial score (nSPS) is 26.1. The minimum Gasteiger partial charge on any atom is -0.384 e. The summed E-state index contributed by atoms with van der Waals surface area (Å²) in [6.45, 7) is 3.03. The highest BCUT2D eigenvalue weighted by atomic mass is 32.2. The summed E-state index contributed by atoms with van der Waals surface area (Å²) in [5.74, 6) is 0.426. The summed E-state index contributed by atoms with van der Waals surface area (Å²) in [5.41, 5.74) is 2.17. The fraction of sp³-hybridized carbons (Fsp3) is 0.600. The Bertz CT molecular complexity index is 598. The van der Waals surface area contributed by atoms with E-state index in [1.165, 1.54) is 6.42 Å². The van der Waals surface area contributed by atoms with Crippen LogP contribution in [0.25, 0.3) is 0 Å². The lowest BCUT2D eigenvalue weighted by atomic mass is 9.87. The van der Waals surface area contributed by atoms with Crippen LogP contribution >= 0.6 is 0 Å². The van der Waals surface area contributed by atoms with E-state index in [-0.39, 0.29) is 6.04 Å². The maximum absolute atomic E-state index is 12.5. The van der Waals surface area contributed by atoms with Crippen LogP contribution in [0.4, 0.5) is 5.69 Å². The Morgan fingerprint density at radius 2 is 2.05 bits per heavy atom.